The second-order valence-electron chi connectivity index (χ2n) is 5.35. The van der Waals surface area contributed by atoms with E-state index in [1.54, 1.807) is 7.11 Å². The standard InChI is InChI=1S/C15H31N3O2/c1-5-17(6-2)9-8-10-18(7-3)15(19)14-11-13(20-4)12-16-14/h13-14,16H,5-12H2,1-4H3. The molecule has 1 aliphatic heterocycles. The van der Waals surface area contributed by atoms with Gasteiger partial charge in [-0.1, -0.05) is 13.8 Å². The van der Waals surface area contributed by atoms with E-state index < -0.39 is 0 Å². The van der Waals surface area contributed by atoms with Crippen LogP contribution in [0.2, 0.25) is 0 Å². The van der Waals surface area contributed by atoms with E-state index in [1.165, 1.54) is 0 Å². The van der Waals surface area contributed by atoms with Gasteiger partial charge in [-0.05, 0) is 39.4 Å². The van der Waals surface area contributed by atoms with Crippen molar-refractivity contribution in [2.75, 3.05) is 46.4 Å². The molecule has 1 heterocycles. The number of nitrogens with zero attached hydrogens (tertiary/aromatic N) is 2. The lowest BCUT2D eigenvalue weighted by atomic mass is 10.1. The van der Waals surface area contributed by atoms with E-state index in [1.807, 2.05) is 4.90 Å². The van der Waals surface area contributed by atoms with E-state index >= 15 is 0 Å². The summed E-state index contributed by atoms with van der Waals surface area (Å²) in [5, 5.41) is 3.27. The molecule has 0 aromatic carbocycles. The predicted molar refractivity (Wildman–Crippen MR) is 81.9 cm³/mol. The molecule has 2 atom stereocenters. The first kappa shape index (κ1) is 17.4. The van der Waals surface area contributed by atoms with Crippen molar-refractivity contribution in [1.29, 1.82) is 0 Å². The number of likely N-dealkylation sites (N-methyl/N-ethyl adjacent to an activating group) is 1. The fourth-order valence-electron chi connectivity index (χ4n) is 2.74. The van der Waals surface area contributed by atoms with Crippen molar-refractivity contribution < 1.29 is 9.53 Å². The Morgan fingerprint density at radius 3 is 2.40 bits per heavy atom. The highest BCUT2D eigenvalue weighted by molar-refractivity contribution is 5.82. The number of nitrogens with one attached hydrogen (secondary N) is 1. The smallest absolute Gasteiger partial charge is 0.239 e. The molecule has 20 heavy (non-hydrogen) atoms. The van der Waals surface area contributed by atoms with Crippen LogP contribution in [0.25, 0.3) is 0 Å². The largest absolute Gasteiger partial charge is 0.380 e. The quantitative estimate of drug-likeness (QED) is 0.685. The van der Waals surface area contributed by atoms with Crippen molar-refractivity contribution in [3.05, 3.63) is 0 Å². The third kappa shape index (κ3) is 5.04. The number of hydrogen-bond acceptors (Lipinski definition) is 4. The average molecular weight is 285 g/mol. The van der Waals surface area contributed by atoms with Gasteiger partial charge in [-0.2, -0.15) is 0 Å². The normalized spacial score (nSPS) is 22.4. The minimum absolute atomic E-state index is 0.0617. The van der Waals surface area contributed by atoms with Crippen molar-refractivity contribution in [2.24, 2.45) is 0 Å². The average Bonchev–Trinajstić information content (AvgIpc) is 2.96. The molecule has 0 bridgehead atoms. The van der Waals surface area contributed by atoms with Gasteiger partial charge in [0.05, 0.1) is 12.1 Å². The Bertz CT molecular complexity index is 282. The second-order valence-corrected chi connectivity index (χ2v) is 5.35. The van der Waals surface area contributed by atoms with E-state index in [4.69, 9.17) is 4.74 Å². The summed E-state index contributed by atoms with van der Waals surface area (Å²) in [4.78, 5) is 16.8. The Morgan fingerprint density at radius 1 is 1.20 bits per heavy atom. The molecule has 5 heteroatoms. The topological polar surface area (TPSA) is 44.8 Å². The van der Waals surface area contributed by atoms with Gasteiger partial charge in [-0.3, -0.25) is 4.79 Å². The zero-order valence-corrected chi connectivity index (χ0v) is 13.5. The van der Waals surface area contributed by atoms with E-state index in [-0.39, 0.29) is 18.1 Å². The second kappa shape index (κ2) is 9.32. The van der Waals surface area contributed by atoms with Gasteiger partial charge in [0.15, 0.2) is 0 Å². The molecule has 1 aliphatic rings. The summed E-state index contributed by atoms with van der Waals surface area (Å²) in [6.07, 6.45) is 2.02. The molecule has 118 valence electrons. The summed E-state index contributed by atoms with van der Waals surface area (Å²) in [5.41, 5.74) is 0. The van der Waals surface area contributed by atoms with Crippen molar-refractivity contribution in [2.45, 2.75) is 45.8 Å². The Hall–Kier alpha value is -0.650. The van der Waals surface area contributed by atoms with Gasteiger partial charge in [0.2, 0.25) is 5.91 Å². The monoisotopic (exact) mass is 285 g/mol. The first-order chi connectivity index (χ1) is 9.65. The maximum atomic E-state index is 12.4. The van der Waals surface area contributed by atoms with Crippen LogP contribution >= 0.6 is 0 Å². The number of ether oxygens (including phenoxy) is 1. The summed E-state index contributed by atoms with van der Waals surface area (Å²) in [6.45, 7) is 12.1. The van der Waals surface area contributed by atoms with Crippen molar-refractivity contribution >= 4 is 5.91 Å². The van der Waals surface area contributed by atoms with Crippen molar-refractivity contribution in [3.63, 3.8) is 0 Å². The van der Waals surface area contributed by atoms with Gasteiger partial charge >= 0.3 is 0 Å². The van der Waals surface area contributed by atoms with Crippen LogP contribution in [-0.4, -0.2) is 74.2 Å². The fraction of sp³-hybridized carbons (Fsp3) is 0.933. The van der Waals surface area contributed by atoms with Crippen molar-refractivity contribution in [3.8, 4) is 0 Å². The first-order valence-electron chi connectivity index (χ1n) is 7.93. The lowest BCUT2D eigenvalue weighted by Crippen LogP contribution is -2.44. The van der Waals surface area contributed by atoms with E-state index in [9.17, 15) is 4.79 Å². The molecule has 0 saturated carbocycles. The first-order valence-corrected chi connectivity index (χ1v) is 7.93. The zero-order valence-electron chi connectivity index (χ0n) is 13.5. The lowest BCUT2D eigenvalue weighted by molar-refractivity contribution is -0.133. The molecule has 1 amide bonds. The van der Waals surface area contributed by atoms with Crippen molar-refractivity contribution in [1.82, 2.24) is 15.1 Å². The highest BCUT2D eigenvalue weighted by Gasteiger charge is 2.31. The highest BCUT2D eigenvalue weighted by atomic mass is 16.5. The molecule has 0 aliphatic carbocycles. The maximum absolute atomic E-state index is 12.4. The number of carbonyl (C=O) groups excluding carboxylic acids is 1. The minimum atomic E-state index is -0.0617. The Labute approximate surface area is 123 Å². The number of hydrogen-bond donors (Lipinski definition) is 1. The van der Waals surface area contributed by atoms with Gasteiger partial charge in [0, 0.05) is 26.7 Å². The summed E-state index contributed by atoms with van der Waals surface area (Å²) in [6, 6.07) is -0.0617. The van der Waals surface area contributed by atoms with Crippen LogP contribution in [0.1, 0.15) is 33.6 Å². The molecule has 0 aromatic rings. The van der Waals surface area contributed by atoms with Crippen LogP contribution in [0, 0.1) is 0 Å². The minimum Gasteiger partial charge on any atom is -0.380 e. The third-order valence-corrected chi connectivity index (χ3v) is 4.21. The third-order valence-electron chi connectivity index (χ3n) is 4.21. The molecule has 0 radical (unpaired) electrons. The van der Waals surface area contributed by atoms with Crippen LogP contribution in [-0.2, 0) is 9.53 Å². The molecule has 1 rings (SSSR count). The summed E-state index contributed by atoms with van der Waals surface area (Å²) in [5.74, 6) is 0.228. The molecular formula is C15H31N3O2. The summed E-state index contributed by atoms with van der Waals surface area (Å²) >= 11 is 0. The van der Waals surface area contributed by atoms with Gasteiger partial charge in [-0.15, -0.1) is 0 Å². The fourth-order valence-corrected chi connectivity index (χ4v) is 2.74. The number of rotatable bonds is 9. The zero-order chi connectivity index (χ0) is 15.0. The van der Waals surface area contributed by atoms with E-state index in [2.05, 4.69) is 31.0 Å². The molecule has 0 aromatic heterocycles. The van der Waals surface area contributed by atoms with E-state index in [0.717, 1.165) is 52.1 Å². The Kier molecular flexibility index (Phi) is 8.11. The van der Waals surface area contributed by atoms with Crippen LogP contribution in [0.15, 0.2) is 0 Å². The Balaban J connectivity index is 2.36. The highest BCUT2D eigenvalue weighted by Crippen LogP contribution is 2.12. The summed E-state index contributed by atoms with van der Waals surface area (Å²) < 4.78 is 5.31. The molecular weight excluding hydrogens is 254 g/mol. The molecule has 1 N–H and O–H groups in total. The molecule has 1 fully saturated rings. The van der Waals surface area contributed by atoms with Crippen LogP contribution < -0.4 is 5.32 Å². The molecule has 0 spiro atoms. The summed E-state index contributed by atoms with van der Waals surface area (Å²) in [7, 11) is 1.71. The molecule has 5 nitrogen and oxygen atoms in total. The SMILES string of the molecule is CCN(CC)CCCN(CC)C(=O)C1CC(OC)CN1. The van der Waals surface area contributed by atoms with Gasteiger partial charge in [0.1, 0.15) is 0 Å². The molecule has 1 saturated heterocycles. The maximum Gasteiger partial charge on any atom is 0.239 e. The van der Waals surface area contributed by atoms with Gasteiger partial charge in [0.25, 0.3) is 0 Å². The van der Waals surface area contributed by atoms with Gasteiger partial charge < -0.3 is 19.9 Å². The predicted octanol–water partition coefficient (Wildman–Crippen LogP) is 0.944. The van der Waals surface area contributed by atoms with Crippen LogP contribution in [0.5, 0.6) is 0 Å². The number of amides is 1. The van der Waals surface area contributed by atoms with E-state index in [0.29, 0.717) is 0 Å². The molecule has 2 unspecified atom stereocenters. The van der Waals surface area contributed by atoms with Crippen LogP contribution in [0.3, 0.4) is 0 Å². The van der Waals surface area contributed by atoms with Gasteiger partial charge in [-0.25, -0.2) is 0 Å². The van der Waals surface area contributed by atoms with Crippen LogP contribution in [0.4, 0.5) is 0 Å². The lowest BCUT2D eigenvalue weighted by Gasteiger charge is -2.26. The Morgan fingerprint density at radius 2 is 1.90 bits per heavy atom. The number of methoxy groups -OCH3 is 1. The number of carbonyl (C=O) groups is 1.